The number of piperidine rings is 1. The van der Waals surface area contributed by atoms with E-state index in [1.807, 2.05) is 60.7 Å². The zero-order valence-electron chi connectivity index (χ0n) is 25.7. The van der Waals surface area contributed by atoms with Crippen LogP contribution in [0.3, 0.4) is 0 Å². The lowest BCUT2D eigenvalue weighted by molar-refractivity contribution is -0.156. The van der Waals surface area contributed by atoms with E-state index in [1.165, 1.54) is 0 Å². The number of hydrogen-bond acceptors (Lipinski definition) is 7. The van der Waals surface area contributed by atoms with Gasteiger partial charge in [-0.2, -0.15) is 18.2 Å². The quantitative estimate of drug-likeness (QED) is 0.163. The molecule has 1 saturated heterocycles. The summed E-state index contributed by atoms with van der Waals surface area (Å²) in [7, 11) is 0. The molecule has 6 rings (SSSR count). The molecule has 1 aromatic heterocycles. The maximum absolute atomic E-state index is 13.3. The fraction of sp³-hybridized carbons (Fsp3) is 0.265. The van der Waals surface area contributed by atoms with Crippen molar-refractivity contribution in [3.8, 4) is 0 Å². The minimum Gasteiger partial charge on any atom is -0.339 e. The number of benzene rings is 3. The van der Waals surface area contributed by atoms with Crippen molar-refractivity contribution >= 4 is 64.3 Å². The Balaban J connectivity index is 0.000000689. The van der Waals surface area contributed by atoms with Crippen LogP contribution in [0.5, 0.6) is 0 Å². The number of hydrogen-bond donors (Lipinski definition) is 4. The molecular weight excluding hydrogens is 647 g/mol. The van der Waals surface area contributed by atoms with E-state index in [1.54, 1.807) is 11.1 Å². The zero-order chi connectivity index (χ0) is 34.1. The van der Waals surface area contributed by atoms with Crippen LogP contribution >= 0.6 is 11.6 Å². The van der Waals surface area contributed by atoms with E-state index in [0.717, 1.165) is 59.6 Å². The van der Waals surface area contributed by atoms with Gasteiger partial charge in [-0.25, -0.2) is 9.78 Å². The normalized spacial score (nSPS) is 15.4. The van der Waals surface area contributed by atoms with Crippen LogP contribution in [0.1, 0.15) is 30.4 Å². The van der Waals surface area contributed by atoms with Crippen LogP contribution in [0, 0.1) is 5.92 Å². The van der Waals surface area contributed by atoms with Crippen molar-refractivity contribution in [3.05, 3.63) is 95.1 Å². The van der Waals surface area contributed by atoms with Crippen LogP contribution in [0.15, 0.2) is 79.0 Å². The highest BCUT2D eigenvalue weighted by Crippen LogP contribution is 2.30. The highest BCUT2D eigenvalue weighted by molar-refractivity contribution is 6.32. The van der Waals surface area contributed by atoms with E-state index in [9.17, 15) is 22.8 Å². The molecule has 3 amide bonds. The lowest BCUT2D eigenvalue weighted by atomic mass is 9.94. The maximum Gasteiger partial charge on any atom is 0.446 e. The largest absolute Gasteiger partial charge is 0.446 e. The number of halogens is 4. The number of anilines is 6. The van der Waals surface area contributed by atoms with E-state index in [0.29, 0.717) is 36.3 Å². The number of aryl methyl sites for hydroxylation is 2. The summed E-state index contributed by atoms with van der Waals surface area (Å²) >= 11 is 6.40. The molecule has 48 heavy (non-hydrogen) atoms. The SMILES string of the molecule is O=C(C[C@H]1CCCN(C(=O)Nc2ccccc2)C1)Nc1ccc2cc1CCc1cccc(c1)Nc1ncc(Cl)c(n1)N2.O=CC(F)(F)F. The smallest absolute Gasteiger partial charge is 0.339 e. The third-order valence-electron chi connectivity index (χ3n) is 7.69. The zero-order valence-corrected chi connectivity index (χ0v) is 26.4. The highest BCUT2D eigenvalue weighted by atomic mass is 35.5. The number of carbonyl (C=O) groups excluding carboxylic acids is 3. The fourth-order valence-electron chi connectivity index (χ4n) is 5.47. The second-order valence-corrected chi connectivity index (χ2v) is 11.8. The number of nitrogens with zero attached hydrogens (tertiary/aromatic N) is 3. The molecule has 1 fully saturated rings. The Hall–Kier alpha value is -5.17. The second-order valence-electron chi connectivity index (χ2n) is 11.4. The first-order valence-corrected chi connectivity index (χ1v) is 15.6. The average Bonchev–Trinajstić information content (AvgIpc) is 3.07. The van der Waals surface area contributed by atoms with E-state index < -0.39 is 12.5 Å². The number of nitrogens with one attached hydrogen (secondary N) is 4. The molecule has 0 saturated carbocycles. The summed E-state index contributed by atoms with van der Waals surface area (Å²) in [5.41, 5.74) is 5.40. The Morgan fingerprint density at radius 3 is 2.52 bits per heavy atom. The first-order valence-electron chi connectivity index (χ1n) is 15.3. The van der Waals surface area contributed by atoms with E-state index in [4.69, 9.17) is 16.4 Å². The van der Waals surface area contributed by atoms with Gasteiger partial charge in [0.05, 0.1) is 6.20 Å². The van der Waals surface area contributed by atoms with Crippen molar-refractivity contribution in [1.82, 2.24) is 14.9 Å². The lowest BCUT2D eigenvalue weighted by Gasteiger charge is -2.32. The van der Waals surface area contributed by atoms with E-state index >= 15 is 0 Å². The number of aromatic nitrogens is 2. The summed E-state index contributed by atoms with van der Waals surface area (Å²) in [6, 6.07) is 23.3. The third kappa shape index (κ3) is 9.91. The summed E-state index contributed by atoms with van der Waals surface area (Å²) in [6.45, 7) is 1.23. The number of fused-ring (bicyclic) bond motifs is 6. The van der Waals surface area contributed by atoms with Gasteiger partial charge in [-0.3, -0.25) is 9.59 Å². The minimum atomic E-state index is -4.64. The molecule has 6 bridgehead atoms. The molecule has 14 heteroatoms. The predicted molar refractivity (Wildman–Crippen MR) is 179 cm³/mol. The van der Waals surface area contributed by atoms with Crippen molar-refractivity contribution in [2.24, 2.45) is 5.92 Å². The number of para-hydroxylation sites is 1. The fourth-order valence-corrected chi connectivity index (χ4v) is 5.61. The van der Waals surface area contributed by atoms with Gasteiger partial charge in [0, 0.05) is 42.3 Å². The van der Waals surface area contributed by atoms with Gasteiger partial charge in [-0.05, 0) is 85.2 Å². The Bertz CT molecular complexity index is 1760. The van der Waals surface area contributed by atoms with Gasteiger partial charge in [0.25, 0.3) is 0 Å². The van der Waals surface area contributed by atoms with E-state index in [2.05, 4.69) is 43.4 Å². The number of aldehydes is 1. The molecule has 2 aliphatic rings. The standard InChI is InChI=1S/C32H32ClN7O2.C2HF3O/c33-27-19-34-31-36-25-10-4-6-21(16-25)11-12-23-18-26(35-30(27)39-31)13-14-28(23)38-29(41)17-22-7-5-15-40(20-22)32(42)37-24-8-2-1-3-9-24;3-2(4,5)1-6/h1-4,6,8-10,13-14,16,18-19,22H,5,7,11-12,15,17,20H2,(H,37,42)(H,38,41)(H2,34,35,36,39);1H/t22-;/m1./s1. The number of rotatable bonds is 4. The van der Waals surface area contributed by atoms with Crippen LogP contribution in [0.2, 0.25) is 5.02 Å². The molecular formula is C34H33ClF3N7O3. The number of amides is 3. The number of urea groups is 1. The molecule has 2 aliphatic heterocycles. The Morgan fingerprint density at radius 2 is 1.75 bits per heavy atom. The minimum absolute atomic E-state index is 0.0557. The lowest BCUT2D eigenvalue weighted by Crippen LogP contribution is -2.43. The molecule has 4 aromatic rings. The van der Waals surface area contributed by atoms with Gasteiger partial charge in [0.15, 0.2) is 5.82 Å². The Morgan fingerprint density at radius 1 is 0.979 bits per heavy atom. The molecule has 0 aliphatic carbocycles. The summed E-state index contributed by atoms with van der Waals surface area (Å²) in [5.74, 6) is 0.974. The van der Waals surface area contributed by atoms with Crippen molar-refractivity contribution in [3.63, 3.8) is 0 Å². The summed E-state index contributed by atoms with van der Waals surface area (Å²) in [6.07, 6.45) is -0.501. The third-order valence-corrected chi connectivity index (χ3v) is 7.97. The molecule has 250 valence electrons. The first kappa shape index (κ1) is 34.2. The highest BCUT2D eigenvalue weighted by Gasteiger charge is 2.26. The molecule has 0 spiro atoms. The van der Waals surface area contributed by atoms with Crippen LogP contribution in [-0.4, -0.2) is 52.4 Å². The summed E-state index contributed by atoms with van der Waals surface area (Å²) < 4.78 is 31.2. The van der Waals surface area contributed by atoms with Crippen molar-refractivity contribution in [2.45, 2.75) is 38.3 Å². The molecule has 10 nitrogen and oxygen atoms in total. The average molecular weight is 680 g/mol. The molecule has 0 unspecified atom stereocenters. The molecule has 4 N–H and O–H groups in total. The Kier molecular flexibility index (Phi) is 11.1. The van der Waals surface area contributed by atoms with Gasteiger partial charge in [0.1, 0.15) is 5.02 Å². The first-order chi connectivity index (χ1) is 23.0. The number of carbonyl (C=O) groups is 3. The molecule has 1 atom stereocenters. The van der Waals surface area contributed by atoms with Gasteiger partial charge in [-0.15, -0.1) is 0 Å². The number of likely N-dealkylation sites (tertiary alicyclic amines) is 1. The van der Waals surface area contributed by atoms with Crippen LogP contribution in [0.4, 0.5) is 52.5 Å². The van der Waals surface area contributed by atoms with Gasteiger partial charge in [0.2, 0.25) is 18.1 Å². The topological polar surface area (TPSA) is 128 Å². The second kappa shape index (κ2) is 15.6. The monoisotopic (exact) mass is 679 g/mol. The number of alkyl halides is 3. The molecule has 3 aromatic carbocycles. The van der Waals surface area contributed by atoms with Crippen LogP contribution in [0.25, 0.3) is 0 Å². The van der Waals surface area contributed by atoms with Gasteiger partial charge < -0.3 is 26.2 Å². The van der Waals surface area contributed by atoms with Crippen molar-refractivity contribution in [2.75, 3.05) is 34.4 Å². The molecule has 0 radical (unpaired) electrons. The van der Waals surface area contributed by atoms with Crippen molar-refractivity contribution < 1.29 is 27.6 Å². The van der Waals surface area contributed by atoms with Crippen molar-refractivity contribution in [1.29, 1.82) is 0 Å². The molecule has 3 heterocycles. The van der Waals surface area contributed by atoms with Gasteiger partial charge in [-0.1, -0.05) is 41.9 Å². The summed E-state index contributed by atoms with van der Waals surface area (Å²) in [5, 5.41) is 13.1. The predicted octanol–water partition coefficient (Wildman–Crippen LogP) is 7.74. The Labute approximate surface area is 280 Å². The maximum atomic E-state index is 13.3. The van der Waals surface area contributed by atoms with E-state index in [-0.39, 0.29) is 17.9 Å². The van der Waals surface area contributed by atoms with Crippen LogP contribution in [-0.2, 0) is 22.4 Å². The van der Waals surface area contributed by atoms with Gasteiger partial charge >= 0.3 is 12.2 Å². The summed E-state index contributed by atoms with van der Waals surface area (Å²) in [4.78, 5) is 45.4. The van der Waals surface area contributed by atoms with Crippen LogP contribution < -0.4 is 21.3 Å².